The van der Waals surface area contributed by atoms with Crippen molar-refractivity contribution in [2.75, 3.05) is 4.90 Å². The van der Waals surface area contributed by atoms with E-state index in [1.807, 2.05) is 36.4 Å². The molecule has 0 saturated carbocycles. The quantitative estimate of drug-likeness (QED) is 0.628. The lowest BCUT2D eigenvalue weighted by molar-refractivity contribution is -0.117. The van der Waals surface area contributed by atoms with E-state index in [4.69, 9.17) is 11.6 Å². The lowest BCUT2D eigenvalue weighted by Gasteiger charge is -2.18. The maximum absolute atomic E-state index is 12.6. The van der Waals surface area contributed by atoms with Gasteiger partial charge < -0.3 is 5.32 Å². The van der Waals surface area contributed by atoms with E-state index in [-0.39, 0.29) is 16.7 Å². The lowest BCUT2D eigenvalue weighted by atomic mass is 10.2. The van der Waals surface area contributed by atoms with Gasteiger partial charge in [0.15, 0.2) is 0 Å². The van der Waals surface area contributed by atoms with Crippen LogP contribution in [0.2, 0.25) is 5.02 Å². The van der Waals surface area contributed by atoms with Crippen molar-refractivity contribution in [1.29, 1.82) is 5.26 Å². The first-order valence-electron chi connectivity index (χ1n) is 8.24. The zero-order valence-electron chi connectivity index (χ0n) is 14.5. The SMILES string of the molecule is C[C@H]1S/C(=C(\C#N)C(=O)NCc2ccccc2)N(c2ccc(Cl)cc2)C1=O. The van der Waals surface area contributed by atoms with Crippen LogP contribution in [0.5, 0.6) is 0 Å². The van der Waals surface area contributed by atoms with Gasteiger partial charge in [-0.15, -0.1) is 0 Å². The van der Waals surface area contributed by atoms with Crippen molar-refractivity contribution in [2.24, 2.45) is 0 Å². The zero-order valence-corrected chi connectivity index (χ0v) is 16.1. The Labute approximate surface area is 166 Å². The molecule has 7 heteroatoms. The summed E-state index contributed by atoms with van der Waals surface area (Å²) in [6, 6.07) is 18.1. The second kappa shape index (κ2) is 8.30. The summed E-state index contributed by atoms with van der Waals surface area (Å²) < 4.78 is 0. The molecule has 0 unspecified atom stereocenters. The minimum absolute atomic E-state index is 0.0800. The fourth-order valence-corrected chi connectivity index (χ4v) is 3.84. The third kappa shape index (κ3) is 4.16. The molecule has 1 aliphatic rings. The van der Waals surface area contributed by atoms with Crippen LogP contribution in [0.1, 0.15) is 12.5 Å². The molecule has 1 fully saturated rings. The van der Waals surface area contributed by atoms with E-state index in [1.165, 1.54) is 16.7 Å². The molecule has 2 aromatic rings. The number of thioether (sulfide) groups is 1. The standard InChI is InChI=1S/C20H16ClN3O2S/c1-13-19(26)24(16-9-7-15(21)8-10-16)20(27-13)17(11-22)18(25)23-12-14-5-3-2-4-6-14/h2-10,13H,12H2,1H3,(H,23,25)/b20-17+/t13-/m1/s1. The fraction of sp³-hybridized carbons (Fsp3) is 0.150. The number of carbonyl (C=O) groups excluding carboxylic acids is 2. The van der Waals surface area contributed by atoms with Crippen LogP contribution in [0, 0.1) is 11.3 Å². The van der Waals surface area contributed by atoms with Crippen LogP contribution < -0.4 is 10.2 Å². The molecular formula is C20H16ClN3O2S. The summed E-state index contributed by atoms with van der Waals surface area (Å²) in [7, 11) is 0. The van der Waals surface area contributed by atoms with Gasteiger partial charge in [0.25, 0.3) is 5.91 Å². The van der Waals surface area contributed by atoms with Crippen molar-refractivity contribution in [1.82, 2.24) is 5.32 Å². The van der Waals surface area contributed by atoms with Gasteiger partial charge in [0.1, 0.15) is 16.7 Å². The molecule has 136 valence electrons. The van der Waals surface area contributed by atoms with Crippen molar-refractivity contribution in [3.63, 3.8) is 0 Å². The van der Waals surface area contributed by atoms with Gasteiger partial charge in [0.2, 0.25) is 5.91 Å². The highest BCUT2D eigenvalue weighted by Gasteiger charge is 2.38. The average molecular weight is 398 g/mol. The summed E-state index contributed by atoms with van der Waals surface area (Å²) in [4.78, 5) is 26.6. The van der Waals surface area contributed by atoms with Gasteiger partial charge in [0.05, 0.1) is 5.25 Å². The Morgan fingerprint density at radius 3 is 2.52 bits per heavy atom. The number of anilines is 1. The van der Waals surface area contributed by atoms with E-state index in [0.29, 0.717) is 22.3 Å². The third-order valence-electron chi connectivity index (χ3n) is 3.99. The Balaban J connectivity index is 1.91. The van der Waals surface area contributed by atoms with Crippen LogP contribution in [0.15, 0.2) is 65.2 Å². The smallest absolute Gasteiger partial charge is 0.264 e. The maximum atomic E-state index is 12.6. The molecule has 1 heterocycles. The summed E-state index contributed by atoms with van der Waals surface area (Å²) in [5.74, 6) is -0.689. The van der Waals surface area contributed by atoms with Crippen molar-refractivity contribution in [3.8, 4) is 6.07 Å². The molecule has 0 radical (unpaired) electrons. The third-order valence-corrected chi connectivity index (χ3v) is 5.41. The van der Waals surface area contributed by atoms with Gasteiger partial charge >= 0.3 is 0 Å². The molecule has 0 bridgehead atoms. The van der Waals surface area contributed by atoms with Crippen molar-refractivity contribution < 1.29 is 9.59 Å². The molecule has 1 atom stereocenters. The number of hydrogen-bond donors (Lipinski definition) is 1. The molecule has 1 N–H and O–H groups in total. The Kier molecular flexibility index (Phi) is 5.84. The van der Waals surface area contributed by atoms with Crippen LogP contribution >= 0.6 is 23.4 Å². The van der Waals surface area contributed by atoms with Gasteiger partial charge in [-0.05, 0) is 36.8 Å². The molecule has 1 aliphatic heterocycles. The minimum Gasteiger partial charge on any atom is -0.347 e. The molecule has 3 rings (SSSR count). The first-order valence-corrected chi connectivity index (χ1v) is 9.49. The number of hydrogen-bond acceptors (Lipinski definition) is 4. The van der Waals surface area contributed by atoms with Crippen molar-refractivity contribution in [2.45, 2.75) is 18.7 Å². The summed E-state index contributed by atoms with van der Waals surface area (Å²) in [5, 5.41) is 12.8. The molecule has 5 nitrogen and oxygen atoms in total. The van der Waals surface area contributed by atoms with Crippen LogP contribution in [0.25, 0.3) is 0 Å². The average Bonchev–Trinajstić information content (AvgIpc) is 2.97. The van der Waals surface area contributed by atoms with Crippen molar-refractivity contribution in [3.05, 3.63) is 75.8 Å². The largest absolute Gasteiger partial charge is 0.347 e. The fourth-order valence-electron chi connectivity index (χ4n) is 2.62. The maximum Gasteiger partial charge on any atom is 0.264 e. The summed E-state index contributed by atoms with van der Waals surface area (Å²) in [5.41, 5.74) is 1.41. The van der Waals surface area contributed by atoms with E-state index in [1.54, 1.807) is 31.2 Å². The van der Waals surface area contributed by atoms with E-state index in [2.05, 4.69) is 5.32 Å². The van der Waals surface area contributed by atoms with Crippen LogP contribution in [0.3, 0.4) is 0 Å². The Morgan fingerprint density at radius 1 is 1.22 bits per heavy atom. The summed E-state index contributed by atoms with van der Waals surface area (Å²) in [6.45, 7) is 2.05. The van der Waals surface area contributed by atoms with Gasteiger partial charge in [-0.1, -0.05) is 53.7 Å². The predicted octanol–water partition coefficient (Wildman–Crippen LogP) is 3.86. The molecule has 2 amide bonds. The summed E-state index contributed by atoms with van der Waals surface area (Å²) >= 11 is 7.13. The molecule has 0 aromatic heterocycles. The molecule has 0 aliphatic carbocycles. The first-order chi connectivity index (χ1) is 13.0. The predicted molar refractivity (Wildman–Crippen MR) is 107 cm³/mol. The van der Waals surface area contributed by atoms with Crippen LogP contribution in [-0.4, -0.2) is 17.1 Å². The first kappa shape index (κ1) is 19.0. The molecule has 1 saturated heterocycles. The van der Waals surface area contributed by atoms with E-state index < -0.39 is 5.91 Å². The van der Waals surface area contributed by atoms with E-state index in [9.17, 15) is 14.9 Å². The topological polar surface area (TPSA) is 73.2 Å². The number of nitrogens with zero attached hydrogens (tertiary/aromatic N) is 2. The van der Waals surface area contributed by atoms with Crippen molar-refractivity contribution >= 4 is 40.9 Å². The van der Waals surface area contributed by atoms with Crippen LogP contribution in [0.4, 0.5) is 5.69 Å². The van der Waals surface area contributed by atoms with Gasteiger partial charge in [-0.2, -0.15) is 5.26 Å². The van der Waals surface area contributed by atoms with Gasteiger partial charge in [-0.3, -0.25) is 14.5 Å². The van der Waals surface area contributed by atoms with Gasteiger partial charge in [-0.25, -0.2) is 0 Å². The monoisotopic (exact) mass is 397 g/mol. The Morgan fingerprint density at radius 2 is 1.89 bits per heavy atom. The Hall–Kier alpha value is -2.75. The highest BCUT2D eigenvalue weighted by molar-refractivity contribution is 8.05. The summed E-state index contributed by atoms with van der Waals surface area (Å²) in [6.07, 6.45) is 0. The molecule has 2 aromatic carbocycles. The number of amides is 2. The minimum atomic E-state index is -0.510. The highest BCUT2D eigenvalue weighted by Crippen LogP contribution is 2.40. The second-order valence-electron chi connectivity index (χ2n) is 5.87. The highest BCUT2D eigenvalue weighted by atomic mass is 35.5. The lowest BCUT2D eigenvalue weighted by Crippen LogP contribution is -2.30. The van der Waals surface area contributed by atoms with Crippen LogP contribution in [-0.2, 0) is 16.1 Å². The Bertz CT molecular complexity index is 936. The number of nitrogens with one attached hydrogen (secondary N) is 1. The normalized spacial score (nSPS) is 18.2. The second-order valence-corrected chi connectivity index (χ2v) is 7.64. The molecule has 27 heavy (non-hydrogen) atoms. The van der Waals surface area contributed by atoms with Gasteiger partial charge in [0, 0.05) is 17.3 Å². The number of nitriles is 1. The number of rotatable bonds is 4. The molecular weight excluding hydrogens is 382 g/mol. The number of halogens is 1. The zero-order chi connectivity index (χ0) is 19.4. The van der Waals surface area contributed by atoms with E-state index >= 15 is 0 Å². The number of carbonyl (C=O) groups is 2. The number of benzene rings is 2. The molecule has 0 spiro atoms. The van der Waals surface area contributed by atoms with E-state index in [0.717, 1.165) is 5.56 Å².